The molecule has 1 aromatic carbocycles. The lowest BCUT2D eigenvalue weighted by Crippen LogP contribution is -2.41. The van der Waals surface area contributed by atoms with E-state index >= 15 is 0 Å². The van der Waals surface area contributed by atoms with Crippen molar-refractivity contribution in [3.8, 4) is 6.07 Å². The van der Waals surface area contributed by atoms with E-state index in [4.69, 9.17) is 5.26 Å². The molecular weight excluding hydrogens is 307 g/mol. The molecule has 0 bridgehead atoms. The molecule has 0 saturated carbocycles. The molecule has 1 amide bonds. The summed E-state index contributed by atoms with van der Waals surface area (Å²) in [6.07, 6.45) is -2.34. The molecule has 1 N–H and O–H groups in total. The highest BCUT2D eigenvalue weighted by Gasteiger charge is 2.30. The minimum Gasteiger partial charge on any atom is -0.326 e. The smallest absolute Gasteiger partial charge is 0.326 e. The van der Waals surface area contributed by atoms with Crippen molar-refractivity contribution in [2.45, 2.75) is 25.4 Å². The summed E-state index contributed by atoms with van der Waals surface area (Å²) >= 11 is 0. The number of nitrogens with one attached hydrogen (secondary N) is 1. The van der Waals surface area contributed by atoms with Crippen LogP contribution in [0.5, 0.6) is 0 Å². The number of hydrogen-bond donors (Lipinski definition) is 1. The van der Waals surface area contributed by atoms with Crippen molar-refractivity contribution in [2.24, 2.45) is 5.92 Å². The minimum absolute atomic E-state index is 0.189. The molecule has 1 aliphatic rings. The number of carbonyl (C=O) groups is 1. The fourth-order valence-electron chi connectivity index (χ4n) is 2.67. The van der Waals surface area contributed by atoms with Gasteiger partial charge in [-0.15, -0.1) is 0 Å². The molecule has 1 fully saturated rings. The molecule has 1 aliphatic heterocycles. The topological polar surface area (TPSA) is 56.1 Å². The second-order valence-corrected chi connectivity index (χ2v) is 5.61. The maximum Gasteiger partial charge on any atom is 0.416 e. The number of anilines is 1. The van der Waals surface area contributed by atoms with Gasteiger partial charge in [0, 0.05) is 25.2 Å². The summed E-state index contributed by atoms with van der Waals surface area (Å²) < 4.78 is 37.5. The highest BCUT2D eigenvalue weighted by Crippen LogP contribution is 2.30. The van der Waals surface area contributed by atoms with E-state index in [-0.39, 0.29) is 11.8 Å². The van der Waals surface area contributed by atoms with E-state index in [0.717, 1.165) is 31.5 Å². The van der Waals surface area contributed by atoms with Crippen LogP contribution in [-0.2, 0) is 11.0 Å². The average molecular weight is 325 g/mol. The van der Waals surface area contributed by atoms with Crippen LogP contribution in [0.3, 0.4) is 0 Å². The van der Waals surface area contributed by atoms with Crippen molar-refractivity contribution in [3.05, 3.63) is 29.8 Å². The second kappa shape index (κ2) is 7.47. The summed E-state index contributed by atoms with van der Waals surface area (Å²) in [4.78, 5) is 14.3. The first-order valence-electron chi connectivity index (χ1n) is 7.47. The van der Waals surface area contributed by atoms with E-state index < -0.39 is 11.7 Å². The third-order valence-corrected chi connectivity index (χ3v) is 3.90. The quantitative estimate of drug-likeness (QED) is 0.924. The molecule has 0 radical (unpaired) electrons. The summed E-state index contributed by atoms with van der Waals surface area (Å²) in [5, 5.41) is 11.3. The number of nitriles is 1. The monoisotopic (exact) mass is 325 g/mol. The van der Waals surface area contributed by atoms with Gasteiger partial charge in [-0.05, 0) is 43.7 Å². The van der Waals surface area contributed by atoms with Crippen LogP contribution in [0.2, 0.25) is 0 Å². The number of amides is 1. The predicted molar refractivity (Wildman–Crippen MR) is 79.5 cm³/mol. The van der Waals surface area contributed by atoms with Gasteiger partial charge < -0.3 is 10.2 Å². The highest BCUT2D eigenvalue weighted by atomic mass is 19.4. The van der Waals surface area contributed by atoms with Gasteiger partial charge in [0.05, 0.1) is 17.6 Å². The van der Waals surface area contributed by atoms with Crippen LogP contribution in [0.1, 0.15) is 24.8 Å². The number of halogens is 3. The van der Waals surface area contributed by atoms with Gasteiger partial charge in [0.15, 0.2) is 0 Å². The Hall–Kier alpha value is -2.07. The first-order chi connectivity index (χ1) is 10.9. The Morgan fingerprint density at radius 1 is 1.35 bits per heavy atom. The largest absolute Gasteiger partial charge is 0.416 e. The zero-order valence-corrected chi connectivity index (χ0v) is 12.6. The lowest BCUT2D eigenvalue weighted by molar-refractivity contribution is -0.137. The molecule has 4 nitrogen and oxygen atoms in total. The Morgan fingerprint density at radius 2 is 2.04 bits per heavy atom. The maximum absolute atomic E-state index is 12.5. The van der Waals surface area contributed by atoms with Crippen LogP contribution in [0.15, 0.2) is 24.3 Å². The van der Waals surface area contributed by atoms with Crippen molar-refractivity contribution in [3.63, 3.8) is 0 Å². The highest BCUT2D eigenvalue weighted by molar-refractivity contribution is 5.92. The van der Waals surface area contributed by atoms with Crippen molar-refractivity contribution in [2.75, 3.05) is 25.0 Å². The Balaban J connectivity index is 1.92. The van der Waals surface area contributed by atoms with Crippen LogP contribution in [0.4, 0.5) is 18.9 Å². The van der Waals surface area contributed by atoms with E-state index in [0.29, 0.717) is 25.2 Å². The van der Waals surface area contributed by atoms with Crippen LogP contribution in [0.25, 0.3) is 0 Å². The van der Waals surface area contributed by atoms with E-state index in [2.05, 4.69) is 16.3 Å². The first-order valence-corrected chi connectivity index (χ1v) is 7.47. The van der Waals surface area contributed by atoms with E-state index in [9.17, 15) is 18.0 Å². The number of carbonyl (C=O) groups excluding carboxylic acids is 1. The molecule has 0 aliphatic carbocycles. The van der Waals surface area contributed by atoms with Gasteiger partial charge in [0.25, 0.3) is 0 Å². The van der Waals surface area contributed by atoms with Gasteiger partial charge >= 0.3 is 6.18 Å². The van der Waals surface area contributed by atoms with Gasteiger partial charge in [-0.25, -0.2) is 0 Å². The van der Waals surface area contributed by atoms with Gasteiger partial charge in [-0.3, -0.25) is 4.79 Å². The lowest BCUT2D eigenvalue weighted by Gasteiger charge is -2.31. The third-order valence-electron chi connectivity index (χ3n) is 3.90. The van der Waals surface area contributed by atoms with Crippen LogP contribution in [0, 0.1) is 17.2 Å². The minimum atomic E-state index is -4.38. The normalized spacial score (nSPS) is 19.1. The van der Waals surface area contributed by atoms with Gasteiger partial charge in [0.1, 0.15) is 0 Å². The Kier molecular flexibility index (Phi) is 5.61. The molecule has 0 spiro atoms. The second-order valence-electron chi connectivity index (χ2n) is 5.61. The van der Waals surface area contributed by atoms with Gasteiger partial charge in [0.2, 0.25) is 5.91 Å². The molecule has 0 aromatic heterocycles. The molecule has 1 saturated heterocycles. The maximum atomic E-state index is 12.5. The van der Waals surface area contributed by atoms with Crippen LogP contribution in [-0.4, -0.2) is 30.4 Å². The SMILES string of the molecule is N#CCCN1CCCC(C(=O)Nc2ccc(C(F)(F)F)cc2)C1. The van der Waals surface area contributed by atoms with Crippen molar-refractivity contribution < 1.29 is 18.0 Å². The number of rotatable bonds is 4. The summed E-state index contributed by atoms with van der Waals surface area (Å²) in [5.41, 5.74) is -0.381. The summed E-state index contributed by atoms with van der Waals surface area (Å²) in [7, 11) is 0. The summed E-state index contributed by atoms with van der Waals surface area (Å²) in [6.45, 7) is 2.08. The Bertz CT molecular complexity index is 578. The van der Waals surface area contributed by atoms with Gasteiger partial charge in [-0.1, -0.05) is 0 Å². The zero-order valence-electron chi connectivity index (χ0n) is 12.6. The third kappa shape index (κ3) is 4.96. The van der Waals surface area contributed by atoms with Crippen molar-refractivity contribution in [1.82, 2.24) is 4.90 Å². The number of hydrogen-bond acceptors (Lipinski definition) is 3. The number of piperidine rings is 1. The number of benzene rings is 1. The van der Waals surface area contributed by atoms with E-state index in [1.807, 2.05) is 0 Å². The Morgan fingerprint density at radius 3 is 2.65 bits per heavy atom. The van der Waals surface area contributed by atoms with Crippen LogP contribution < -0.4 is 5.32 Å². The van der Waals surface area contributed by atoms with Crippen molar-refractivity contribution >= 4 is 11.6 Å². The molecule has 1 aromatic rings. The van der Waals surface area contributed by atoms with E-state index in [1.165, 1.54) is 12.1 Å². The lowest BCUT2D eigenvalue weighted by atomic mass is 9.97. The summed E-state index contributed by atoms with van der Waals surface area (Å²) in [5.74, 6) is -0.392. The number of nitrogens with zero attached hydrogens (tertiary/aromatic N) is 2. The standard InChI is InChI=1S/C16H18F3N3O/c17-16(18,19)13-4-6-14(7-5-13)21-15(23)12-3-1-9-22(11-12)10-2-8-20/h4-7,12H,1-3,9-11H2,(H,21,23). The number of likely N-dealkylation sites (tertiary alicyclic amines) is 1. The molecule has 1 unspecified atom stereocenters. The average Bonchev–Trinajstić information content (AvgIpc) is 2.53. The fourth-order valence-corrected chi connectivity index (χ4v) is 2.67. The predicted octanol–water partition coefficient (Wildman–Crippen LogP) is 3.27. The molecule has 2 rings (SSSR count). The van der Waals surface area contributed by atoms with Crippen LogP contribution >= 0.6 is 0 Å². The van der Waals surface area contributed by atoms with Gasteiger partial charge in [-0.2, -0.15) is 18.4 Å². The Labute approximate surface area is 132 Å². The summed E-state index contributed by atoms with van der Waals surface area (Å²) in [6, 6.07) is 6.51. The fraction of sp³-hybridized carbons (Fsp3) is 0.500. The molecule has 124 valence electrons. The molecule has 1 heterocycles. The van der Waals surface area contributed by atoms with Crippen molar-refractivity contribution in [1.29, 1.82) is 5.26 Å². The first kappa shape index (κ1) is 17.3. The number of alkyl halides is 3. The van der Waals surface area contributed by atoms with E-state index in [1.54, 1.807) is 0 Å². The zero-order chi connectivity index (χ0) is 16.9. The molecular formula is C16H18F3N3O. The molecule has 7 heteroatoms. The molecule has 23 heavy (non-hydrogen) atoms. The molecule has 1 atom stereocenters.